The quantitative estimate of drug-likeness (QED) is 0.596. The second kappa shape index (κ2) is 8.43. The number of hydrogen-bond donors (Lipinski definition) is 3. The van der Waals surface area contributed by atoms with Crippen molar-refractivity contribution < 1.29 is 18.1 Å². The molecule has 6 heteroatoms. The number of rotatable bonds is 4. The van der Waals surface area contributed by atoms with Crippen molar-refractivity contribution in [3.8, 4) is 0 Å². The minimum absolute atomic E-state index is 0.168. The molecule has 0 amide bonds. The first kappa shape index (κ1) is 15.3. The summed E-state index contributed by atoms with van der Waals surface area (Å²) in [6.45, 7) is 5.59. The standard InChI is InChI=1S/C4H10.C3H9NO4S/c1-3-4-2;1-3(5)2-4-9(6,7)8/h3-4H2,1-2H3;3-5H,2H2,1H3,(H,6,7,8). The van der Waals surface area contributed by atoms with Crippen LogP contribution in [0.3, 0.4) is 0 Å². The third-order valence-electron chi connectivity index (χ3n) is 1.06. The molecule has 0 aromatic heterocycles. The second-order valence-corrected chi connectivity index (χ2v) is 3.91. The molecule has 0 aliphatic rings. The van der Waals surface area contributed by atoms with E-state index in [1.54, 1.807) is 4.72 Å². The Morgan fingerprint density at radius 1 is 1.31 bits per heavy atom. The molecule has 1 unspecified atom stereocenters. The molecule has 0 fully saturated rings. The van der Waals surface area contributed by atoms with Gasteiger partial charge >= 0.3 is 10.3 Å². The Morgan fingerprint density at radius 3 is 1.77 bits per heavy atom. The first-order valence-electron chi connectivity index (χ1n) is 4.23. The van der Waals surface area contributed by atoms with Gasteiger partial charge in [-0.15, -0.1) is 0 Å². The first-order valence-corrected chi connectivity index (χ1v) is 5.67. The third kappa shape index (κ3) is 24.5. The molecule has 0 aliphatic carbocycles. The van der Waals surface area contributed by atoms with Gasteiger partial charge in [0.1, 0.15) is 0 Å². The number of nitrogens with one attached hydrogen (secondary N) is 1. The number of hydrogen-bond acceptors (Lipinski definition) is 3. The molecule has 0 aromatic rings. The maximum Gasteiger partial charge on any atom is 0.333 e. The molecule has 0 saturated heterocycles. The molecule has 0 saturated carbocycles. The van der Waals surface area contributed by atoms with Crippen LogP contribution in [0.25, 0.3) is 0 Å². The van der Waals surface area contributed by atoms with E-state index in [0.29, 0.717) is 0 Å². The summed E-state index contributed by atoms with van der Waals surface area (Å²) in [5.74, 6) is 0. The summed E-state index contributed by atoms with van der Waals surface area (Å²) in [4.78, 5) is 0. The maximum atomic E-state index is 9.87. The lowest BCUT2D eigenvalue weighted by atomic mass is 10.4. The van der Waals surface area contributed by atoms with Gasteiger partial charge in [-0.3, -0.25) is 4.55 Å². The number of aliphatic hydroxyl groups is 1. The van der Waals surface area contributed by atoms with Gasteiger partial charge in [0, 0.05) is 6.54 Å². The Labute approximate surface area is 80.0 Å². The largest absolute Gasteiger partial charge is 0.392 e. The van der Waals surface area contributed by atoms with Crippen LogP contribution >= 0.6 is 0 Å². The zero-order valence-corrected chi connectivity index (χ0v) is 9.13. The normalized spacial score (nSPS) is 13.0. The van der Waals surface area contributed by atoms with Crippen molar-refractivity contribution in [2.24, 2.45) is 0 Å². The molecule has 0 rings (SSSR count). The van der Waals surface area contributed by atoms with Gasteiger partial charge < -0.3 is 5.11 Å². The van der Waals surface area contributed by atoms with Crippen LogP contribution in [0.15, 0.2) is 0 Å². The molecule has 3 N–H and O–H groups in total. The molecule has 0 aliphatic heterocycles. The average molecular weight is 213 g/mol. The zero-order chi connectivity index (χ0) is 10.9. The van der Waals surface area contributed by atoms with Gasteiger partial charge in [0.15, 0.2) is 0 Å². The van der Waals surface area contributed by atoms with Crippen molar-refractivity contribution in [3.63, 3.8) is 0 Å². The fourth-order valence-corrected chi connectivity index (χ4v) is 0.678. The molecule has 1 atom stereocenters. The Kier molecular flexibility index (Phi) is 9.93. The molecule has 0 radical (unpaired) electrons. The van der Waals surface area contributed by atoms with Crippen LogP contribution in [0.1, 0.15) is 33.6 Å². The highest BCUT2D eigenvalue weighted by molar-refractivity contribution is 7.83. The minimum Gasteiger partial charge on any atom is -0.392 e. The summed E-state index contributed by atoms with van der Waals surface area (Å²) in [6, 6.07) is 0. The monoisotopic (exact) mass is 213 g/mol. The summed E-state index contributed by atoms with van der Waals surface area (Å²) in [6.07, 6.45) is 1.85. The van der Waals surface area contributed by atoms with Crippen LogP contribution in [0.4, 0.5) is 0 Å². The molecule has 0 heterocycles. The maximum absolute atomic E-state index is 9.87. The topological polar surface area (TPSA) is 86.6 Å². The van der Waals surface area contributed by atoms with Gasteiger partial charge in [-0.2, -0.15) is 13.1 Å². The predicted octanol–water partition coefficient (Wildman–Crippen LogP) is 0.566. The van der Waals surface area contributed by atoms with E-state index in [1.165, 1.54) is 19.8 Å². The van der Waals surface area contributed by atoms with Crippen LogP contribution in [0.5, 0.6) is 0 Å². The van der Waals surface area contributed by atoms with E-state index in [2.05, 4.69) is 13.8 Å². The highest BCUT2D eigenvalue weighted by Gasteiger charge is 2.03. The lowest BCUT2D eigenvalue weighted by Crippen LogP contribution is -2.29. The van der Waals surface area contributed by atoms with E-state index < -0.39 is 16.4 Å². The lowest BCUT2D eigenvalue weighted by molar-refractivity contribution is 0.197. The molecule has 82 valence electrons. The Balaban J connectivity index is 0. The van der Waals surface area contributed by atoms with Gasteiger partial charge in [0.25, 0.3) is 0 Å². The molecule has 5 nitrogen and oxygen atoms in total. The van der Waals surface area contributed by atoms with Gasteiger partial charge in [-0.1, -0.05) is 26.7 Å². The summed E-state index contributed by atoms with van der Waals surface area (Å²) in [5, 5.41) is 8.48. The summed E-state index contributed by atoms with van der Waals surface area (Å²) >= 11 is 0. The Hall–Kier alpha value is -0.170. The van der Waals surface area contributed by atoms with E-state index in [1.807, 2.05) is 0 Å². The summed E-state index contributed by atoms with van der Waals surface area (Å²) < 4.78 is 29.5. The SMILES string of the molecule is CC(O)CNS(=O)(=O)O.CCCC. The third-order valence-corrected chi connectivity index (χ3v) is 1.59. The van der Waals surface area contributed by atoms with Crippen molar-refractivity contribution in [3.05, 3.63) is 0 Å². The van der Waals surface area contributed by atoms with E-state index in [9.17, 15) is 8.42 Å². The van der Waals surface area contributed by atoms with Crippen molar-refractivity contribution in [1.29, 1.82) is 0 Å². The minimum atomic E-state index is -4.13. The zero-order valence-electron chi connectivity index (χ0n) is 8.32. The van der Waals surface area contributed by atoms with Crippen molar-refractivity contribution in [2.45, 2.75) is 39.7 Å². The molecular formula is C7H19NO4S. The van der Waals surface area contributed by atoms with E-state index in [-0.39, 0.29) is 6.54 Å². The highest BCUT2D eigenvalue weighted by Crippen LogP contribution is 1.77. The molecule has 13 heavy (non-hydrogen) atoms. The summed E-state index contributed by atoms with van der Waals surface area (Å²) in [7, 11) is -4.13. The van der Waals surface area contributed by atoms with Gasteiger partial charge in [0.05, 0.1) is 6.10 Å². The molecule has 0 bridgehead atoms. The van der Waals surface area contributed by atoms with Crippen LogP contribution in [-0.4, -0.2) is 30.7 Å². The Bertz CT molecular complexity index is 187. The molecular weight excluding hydrogens is 194 g/mol. The van der Waals surface area contributed by atoms with Crippen molar-refractivity contribution in [1.82, 2.24) is 4.72 Å². The number of aliphatic hydroxyl groups excluding tert-OH is 1. The Morgan fingerprint density at radius 2 is 1.69 bits per heavy atom. The predicted molar refractivity (Wildman–Crippen MR) is 51.8 cm³/mol. The van der Waals surface area contributed by atoms with E-state index in [4.69, 9.17) is 9.66 Å². The van der Waals surface area contributed by atoms with Gasteiger partial charge in [0.2, 0.25) is 0 Å². The lowest BCUT2D eigenvalue weighted by Gasteiger charge is -2.01. The second-order valence-electron chi connectivity index (χ2n) is 2.67. The fraction of sp³-hybridized carbons (Fsp3) is 1.00. The summed E-state index contributed by atoms with van der Waals surface area (Å²) in [5.41, 5.74) is 0. The van der Waals surface area contributed by atoms with Crippen LogP contribution < -0.4 is 4.72 Å². The van der Waals surface area contributed by atoms with Gasteiger partial charge in [-0.25, -0.2) is 0 Å². The smallest absolute Gasteiger partial charge is 0.333 e. The van der Waals surface area contributed by atoms with Crippen LogP contribution in [0, 0.1) is 0 Å². The number of unbranched alkanes of at least 4 members (excludes halogenated alkanes) is 1. The average Bonchev–Trinajstić information content (AvgIpc) is 2.00. The van der Waals surface area contributed by atoms with E-state index in [0.717, 1.165) is 0 Å². The van der Waals surface area contributed by atoms with Crippen molar-refractivity contribution in [2.75, 3.05) is 6.54 Å². The van der Waals surface area contributed by atoms with E-state index >= 15 is 0 Å². The molecule has 0 spiro atoms. The highest BCUT2D eigenvalue weighted by atomic mass is 32.2. The van der Waals surface area contributed by atoms with Crippen LogP contribution in [-0.2, 0) is 10.3 Å². The van der Waals surface area contributed by atoms with Crippen molar-refractivity contribution >= 4 is 10.3 Å². The fourth-order valence-electron chi connectivity index (χ4n) is 0.226. The molecule has 0 aromatic carbocycles. The first-order chi connectivity index (χ1) is 5.83. The van der Waals surface area contributed by atoms with Gasteiger partial charge in [-0.05, 0) is 6.92 Å². The van der Waals surface area contributed by atoms with Crippen LogP contribution in [0.2, 0.25) is 0 Å².